The molecule has 1 atom stereocenters. The molecular weight excluding hydrogens is 264 g/mol. The zero-order valence-corrected chi connectivity index (χ0v) is 11.5. The van der Waals surface area contributed by atoms with Crippen LogP contribution in [0.2, 0.25) is 0 Å². The fraction of sp³-hybridized carbons (Fsp3) is 0.118. The summed E-state index contributed by atoms with van der Waals surface area (Å²) in [6.07, 6.45) is 0. The van der Waals surface area contributed by atoms with E-state index >= 15 is 0 Å². The molecule has 0 radical (unpaired) electrons. The van der Waals surface area contributed by atoms with Crippen molar-refractivity contribution in [1.29, 1.82) is 5.26 Å². The maximum atomic E-state index is 9.61. The summed E-state index contributed by atoms with van der Waals surface area (Å²) in [5.74, 6) is 0.398. The molecule has 0 fully saturated rings. The van der Waals surface area contributed by atoms with E-state index in [0.717, 1.165) is 16.7 Å². The first-order valence-corrected chi connectivity index (χ1v) is 6.58. The molecule has 4 nitrogen and oxygen atoms in total. The molecule has 0 saturated carbocycles. The highest BCUT2D eigenvalue weighted by molar-refractivity contribution is 5.58. The second kappa shape index (κ2) is 4.88. The molecule has 2 aromatic rings. The van der Waals surface area contributed by atoms with E-state index in [0.29, 0.717) is 11.3 Å². The van der Waals surface area contributed by atoms with Crippen LogP contribution in [-0.4, -0.2) is 5.11 Å². The van der Waals surface area contributed by atoms with Gasteiger partial charge in [0.2, 0.25) is 5.88 Å². The van der Waals surface area contributed by atoms with Crippen LogP contribution >= 0.6 is 0 Å². The SMILES string of the molecule is Cc1ccccc1[C@H]1C(C#N)=C(N)Oc2cc(O)ccc21. The van der Waals surface area contributed by atoms with E-state index in [1.807, 2.05) is 31.2 Å². The van der Waals surface area contributed by atoms with E-state index in [1.54, 1.807) is 12.1 Å². The van der Waals surface area contributed by atoms with Gasteiger partial charge < -0.3 is 15.6 Å². The fourth-order valence-corrected chi connectivity index (χ4v) is 2.67. The Hall–Kier alpha value is -2.93. The van der Waals surface area contributed by atoms with Gasteiger partial charge in [-0.25, -0.2) is 0 Å². The van der Waals surface area contributed by atoms with E-state index in [1.165, 1.54) is 6.07 Å². The molecule has 1 aliphatic heterocycles. The van der Waals surface area contributed by atoms with Crippen LogP contribution < -0.4 is 10.5 Å². The number of allylic oxidation sites excluding steroid dienone is 1. The first-order chi connectivity index (χ1) is 10.1. The molecule has 0 amide bonds. The summed E-state index contributed by atoms with van der Waals surface area (Å²) in [5, 5.41) is 19.1. The number of fused-ring (bicyclic) bond motifs is 1. The summed E-state index contributed by atoms with van der Waals surface area (Å²) >= 11 is 0. The van der Waals surface area contributed by atoms with Gasteiger partial charge in [0, 0.05) is 11.6 Å². The summed E-state index contributed by atoms with van der Waals surface area (Å²) in [6.45, 7) is 2.00. The fourth-order valence-electron chi connectivity index (χ4n) is 2.67. The largest absolute Gasteiger partial charge is 0.508 e. The number of nitrogens with zero attached hydrogens (tertiary/aromatic N) is 1. The number of hydrogen-bond donors (Lipinski definition) is 2. The van der Waals surface area contributed by atoms with Crippen molar-refractivity contribution in [2.24, 2.45) is 5.73 Å². The second-order valence-corrected chi connectivity index (χ2v) is 5.00. The minimum absolute atomic E-state index is 0.0869. The van der Waals surface area contributed by atoms with E-state index in [-0.39, 0.29) is 17.6 Å². The maximum Gasteiger partial charge on any atom is 0.205 e. The Labute approximate surface area is 122 Å². The van der Waals surface area contributed by atoms with Gasteiger partial charge in [0.05, 0.1) is 5.92 Å². The maximum absolute atomic E-state index is 9.61. The van der Waals surface area contributed by atoms with Crippen LogP contribution in [0.25, 0.3) is 0 Å². The predicted molar refractivity (Wildman–Crippen MR) is 78.6 cm³/mol. The van der Waals surface area contributed by atoms with E-state index in [4.69, 9.17) is 10.5 Å². The summed E-state index contributed by atoms with van der Waals surface area (Å²) in [6, 6.07) is 14.9. The van der Waals surface area contributed by atoms with Crippen LogP contribution in [0.15, 0.2) is 53.9 Å². The highest BCUT2D eigenvalue weighted by Crippen LogP contribution is 2.43. The number of benzene rings is 2. The lowest BCUT2D eigenvalue weighted by Gasteiger charge is -2.27. The Bertz CT molecular complexity index is 788. The molecule has 1 aliphatic rings. The van der Waals surface area contributed by atoms with Crippen molar-refractivity contribution in [2.75, 3.05) is 0 Å². The van der Waals surface area contributed by atoms with Crippen LogP contribution in [0, 0.1) is 18.3 Å². The summed E-state index contributed by atoms with van der Waals surface area (Å²) in [7, 11) is 0. The first-order valence-electron chi connectivity index (χ1n) is 6.58. The number of aromatic hydroxyl groups is 1. The Morgan fingerprint density at radius 3 is 2.67 bits per heavy atom. The monoisotopic (exact) mass is 278 g/mol. The molecule has 0 aromatic heterocycles. The zero-order chi connectivity index (χ0) is 15.0. The molecule has 104 valence electrons. The third kappa shape index (κ3) is 2.09. The predicted octanol–water partition coefficient (Wildman–Crippen LogP) is 2.92. The van der Waals surface area contributed by atoms with Gasteiger partial charge in [-0.05, 0) is 24.1 Å². The first kappa shape index (κ1) is 13.1. The van der Waals surface area contributed by atoms with Crippen molar-refractivity contribution in [3.05, 3.63) is 70.6 Å². The highest BCUT2D eigenvalue weighted by Gasteiger charge is 2.31. The molecule has 0 saturated heterocycles. The molecule has 0 aliphatic carbocycles. The van der Waals surface area contributed by atoms with Crippen molar-refractivity contribution in [2.45, 2.75) is 12.8 Å². The third-order valence-electron chi connectivity index (χ3n) is 3.70. The van der Waals surface area contributed by atoms with Crippen molar-refractivity contribution in [3.63, 3.8) is 0 Å². The Morgan fingerprint density at radius 1 is 1.19 bits per heavy atom. The zero-order valence-electron chi connectivity index (χ0n) is 11.5. The lowest BCUT2D eigenvalue weighted by molar-refractivity contribution is 0.388. The minimum Gasteiger partial charge on any atom is -0.508 e. The summed E-state index contributed by atoms with van der Waals surface area (Å²) in [4.78, 5) is 0. The molecule has 3 rings (SSSR count). The van der Waals surface area contributed by atoms with Crippen molar-refractivity contribution in [3.8, 4) is 17.6 Å². The lowest BCUT2D eigenvalue weighted by atomic mass is 9.82. The molecule has 0 bridgehead atoms. The van der Waals surface area contributed by atoms with Gasteiger partial charge >= 0.3 is 0 Å². The Kier molecular flexibility index (Phi) is 3.03. The average Bonchev–Trinajstić information content (AvgIpc) is 2.46. The molecular formula is C17H14N2O2. The number of phenols is 1. The van der Waals surface area contributed by atoms with Crippen molar-refractivity contribution < 1.29 is 9.84 Å². The summed E-state index contributed by atoms with van der Waals surface area (Å²) in [5.41, 5.74) is 9.18. The molecule has 0 unspecified atom stereocenters. The van der Waals surface area contributed by atoms with Crippen molar-refractivity contribution in [1.82, 2.24) is 0 Å². The molecule has 0 spiro atoms. The number of hydrogen-bond acceptors (Lipinski definition) is 4. The topological polar surface area (TPSA) is 79.3 Å². The minimum atomic E-state index is -0.277. The Morgan fingerprint density at radius 2 is 1.95 bits per heavy atom. The third-order valence-corrected chi connectivity index (χ3v) is 3.70. The molecule has 4 heteroatoms. The normalized spacial score (nSPS) is 16.9. The van der Waals surface area contributed by atoms with Crippen molar-refractivity contribution >= 4 is 0 Å². The summed E-state index contributed by atoms with van der Waals surface area (Å²) < 4.78 is 5.48. The molecule has 2 aromatic carbocycles. The van der Waals surface area contributed by atoms with E-state index in [2.05, 4.69) is 6.07 Å². The van der Waals surface area contributed by atoms with Gasteiger partial charge in [-0.15, -0.1) is 0 Å². The van der Waals surface area contributed by atoms with Crippen LogP contribution in [0.3, 0.4) is 0 Å². The van der Waals surface area contributed by atoms with E-state index in [9.17, 15) is 10.4 Å². The standard InChI is InChI=1S/C17H14N2O2/c1-10-4-2-3-5-12(10)16-13-7-6-11(20)8-15(13)21-17(19)14(16)9-18/h2-8,16,20H,19H2,1H3/t16-/m1/s1. The Balaban J connectivity index is 2.27. The lowest BCUT2D eigenvalue weighted by Crippen LogP contribution is -2.21. The average molecular weight is 278 g/mol. The van der Waals surface area contributed by atoms with Gasteiger partial charge in [-0.2, -0.15) is 5.26 Å². The van der Waals surface area contributed by atoms with E-state index < -0.39 is 0 Å². The second-order valence-electron chi connectivity index (χ2n) is 5.00. The number of phenolic OH excluding ortho intramolecular Hbond substituents is 1. The number of nitriles is 1. The number of aryl methyl sites for hydroxylation is 1. The van der Waals surface area contributed by atoms with Gasteiger partial charge in [0.1, 0.15) is 23.1 Å². The van der Waals surface area contributed by atoms with Gasteiger partial charge in [0.15, 0.2) is 0 Å². The van der Waals surface area contributed by atoms with Gasteiger partial charge in [0.25, 0.3) is 0 Å². The van der Waals surface area contributed by atoms with Gasteiger partial charge in [-0.1, -0.05) is 30.3 Å². The number of nitrogens with two attached hydrogens (primary N) is 1. The molecule has 1 heterocycles. The number of ether oxygens (including phenoxy) is 1. The van der Waals surface area contributed by atoms with Crippen LogP contribution in [0.5, 0.6) is 11.5 Å². The highest BCUT2D eigenvalue weighted by atomic mass is 16.5. The van der Waals surface area contributed by atoms with Crippen LogP contribution in [0.4, 0.5) is 0 Å². The quantitative estimate of drug-likeness (QED) is 0.840. The van der Waals surface area contributed by atoms with Crippen LogP contribution in [-0.2, 0) is 0 Å². The number of rotatable bonds is 1. The molecule has 3 N–H and O–H groups in total. The van der Waals surface area contributed by atoms with Crippen LogP contribution in [0.1, 0.15) is 22.6 Å². The molecule has 21 heavy (non-hydrogen) atoms. The smallest absolute Gasteiger partial charge is 0.205 e. The van der Waals surface area contributed by atoms with Gasteiger partial charge in [-0.3, -0.25) is 0 Å².